The third-order valence-corrected chi connectivity index (χ3v) is 5.22. The molecule has 4 aromatic rings. The van der Waals surface area contributed by atoms with E-state index in [1.807, 2.05) is 12.1 Å². The number of carbonyl (C=O) groups is 3. The van der Waals surface area contributed by atoms with Crippen LogP contribution in [0.2, 0.25) is 0 Å². The van der Waals surface area contributed by atoms with Crippen molar-refractivity contribution in [2.75, 3.05) is 0 Å². The minimum Gasteiger partial charge on any atom is -0.477 e. The fourth-order valence-electron chi connectivity index (χ4n) is 3.74. The van der Waals surface area contributed by atoms with E-state index in [1.54, 1.807) is 6.07 Å². The molecule has 0 radical (unpaired) electrons. The van der Waals surface area contributed by atoms with E-state index >= 15 is 0 Å². The minimum atomic E-state index is -1.39. The maximum Gasteiger partial charge on any atom is 0.439 e. The Hall–Kier alpha value is -4.88. The molecule has 14 nitrogen and oxygen atoms in total. The second-order valence-corrected chi connectivity index (χ2v) is 7.27. The van der Waals surface area contributed by atoms with Crippen LogP contribution in [-0.4, -0.2) is 52.6 Å². The highest BCUT2D eigenvalue weighted by Crippen LogP contribution is 2.33. The first-order chi connectivity index (χ1) is 15.8. The molecule has 0 fully saturated rings. The van der Waals surface area contributed by atoms with Crippen molar-refractivity contribution in [1.29, 1.82) is 0 Å². The van der Waals surface area contributed by atoms with Crippen LogP contribution in [0.1, 0.15) is 55.2 Å². The number of nitrogens with zero attached hydrogens (tertiary/aromatic N) is 5. The smallest absolute Gasteiger partial charge is 0.439 e. The van der Waals surface area contributed by atoms with Gasteiger partial charge in [0.1, 0.15) is 5.69 Å². The molecule has 0 saturated heterocycles. The SMILES string of the molecule is NC(=O)c1nc2nc(C(=O)N[C@H]3CCc4cc(-c5noc(=O)[nH]5)ccc43)cc(C(=O)O)n2n1. The van der Waals surface area contributed by atoms with Gasteiger partial charge in [0.15, 0.2) is 11.5 Å². The molecule has 0 unspecified atom stereocenters. The van der Waals surface area contributed by atoms with E-state index in [-0.39, 0.29) is 17.5 Å². The number of hydrogen-bond acceptors (Lipinski definition) is 9. The van der Waals surface area contributed by atoms with Gasteiger partial charge in [-0.2, -0.15) is 9.50 Å². The molecule has 1 aromatic carbocycles. The zero-order valence-electron chi connectivity index (χ0n) is 16.6. The number of carbonyl (C=O) groups excluding carboxylic acids is 2. The number of fused-ring (bicyclic) bond motifs is 2. The number of H-pyrrole nitrogens is 1. The van der Waals surface area contributed by atoms with Crippen LogP contribution >= 0.6 is 0 Å². The first kappa shape index (κ1) is 20.0. The summed E-state index contributed by atoms with van der Waals surface area (Å²) < 4.78 is 5.36. The fourth-order valence-corrected chi connectivity index (χ4v) is 3.74. The van der Waals surface area contributed by atoms with Gasteiger partial charge in [0.25, 0.3) is 17.6 Å². The molecule has 3 aromatic heterocycles. The van der Waals surface area contributed by atoms with Gasteiger partial charge < -0.3 is 16.2 Å². The van der Waals surface area contributed by atoms with Crippen LogP contribution in [0.4, 0.5) is 0 Å². The van der Waals surface area contributed by atoms with Crippen molar-refractivity contribution in [2.24, 2.45) is 5.73 Å². The molecule has 1 aliphatic rings. The van der Waals surface area contributed by atoms with Crippen LogP contribution in [-0.2, 0) is 6.42 Å². The second-order valence-electron chi connectivity index (χ2n) is 7.27. The van der Waals surface area contributed by atoms with Gasteiger partial charge in [0.2, 0.25) is 5.82 Å². The number of aromatic amines is 1. The Bertz CT molecular complexity index is 1520. The van der Waals surface area contributed by atoms with Crippen molar-refractivity contribution >= 4 is 23.6 Å². The summed E-state index contributed by atoms with van der Waals surface area (Å²) in [6.45, 7) is 0. The largest absolute Gasteiger partial charge is 0.477 e. The lowest BCUT2D eigenvalue weighted by molar-refractivity contribution is 0.0686. The van der Waals surface area contributed by atoms with E-state index in [0.717, 1.165) is 21.7 Å². The zero-order valence-corrected chi connectivity index (χ0v) is 16.6. The topological polar surface area (TPSA) is 211 Å². The quantitative estimate of drug-likeness (QED) is 0.311. The van der Waals surface area contributed by atoms with Crippen molar-refractivity contribution in [3.8, 4) is 11.4 Å². The normalized spacial score (nSPS) is 14.8. The lowest BCUT2D eigenvalue weighted by Crippen LogP contribution is -2.28. The lowest BCUT2D eigenvalue weighted by Gasteiger charge is -2.14. The van der Waals surface area contributed by atoms with Crippen molar-refractivity contribution in [3.63, 3.8) is 0 Å². The number of aryl methyl sites for hydroxylation is 1. The number of hydrogen-bond donors (Lipinski definition) is 4. The molecule has 1 aliphatic carbocycles. The Balaban J connectivity index is 1.43. The Labute approximate surface area is 182 Å². The molecule has 3 heterocycles. The summed E-state index contributed by atoms with van der Waals surface area (Å²) >= 11 is 0. The summed E-state index contributed by atoms with van der Waals surface area (Å²) in [4.78, 5) is 57.3. The van der Waals surface area contributed by atoms with E-state index in [1.165, 1.54) is 0 Å². The number of aromatic carboxylic acids is 1. The number of primary amides is 1. The molecule has 14 heteroatoms. The van der Waals surface area contributed by atoms with Crippen molar-refractivity contribution in [3.05, 3.63) is 63.2 Å². The Morgan fingerprint density at radius 3 is 2.76 bits per heavy atom. The molecule has 5 rings (SSSR count). The number of aromatic nitrogens is 6. The summed E-state index contributed by atoms with van der Waals surface area (Å²) in [7, 11) is 0. The van der Waals surface area contributed by atoms with E-state index in [4.69, 9.17) is 5.73 Å². The van der Waals surface area contributed by atoms with Gasteiger partial charge in [-0.05, 0) is 30.0 Å². The number of carboxylic acid groups (broad SMARTS) is 1. The average Bonchev–Trinajstić information content (AvgIpc) is 3.50. The summed E-state index contributed by atoms with van der Waals surface area (Å²) in [5.41, 5.74) is 7.04. The van der Waals surface area contributed by atoms with Crippen LogP contribution in [0.3, 0.4) is 0 Å². The van der Waals surface area contributed by atoms with Crippen LogP contribution in [0, 0.1) is 0 Å². The Kier molecular flexibility index (Phi) is 4.47. The molecule has 0 aliphatic heterocycles. The predicted molar refractivity (Wildman–Crippen MR) is 107 cm³/mol. The van der Waals surface area contributed by atoms with E-state index in [2.05, 4.69) is 35.0 Å². The van der Waals surface area contributed by atoms with E-state index in [9.17, 15) is 24.3 Å². The average molecular weight is 450 g/mol. The molecule has 2 amide bonds. The van der Waals surface area contributed by atoms with Gasteiger partial charge >= 0.3 is 11.7 Å². The summed E-state index contributed by atoms with van der Waals surface area (Å²) in [6, 6.07) is 6.11. The van der Waals surface area contributed by atoms with E-state index in [0.29, 0.717) is 24.2 Å². The molecule has 5 N–H and O–H groups in total. The Morgan fingerprint density at radius 1 is 1.24 bits per heavy atom. The predicted octanol–water partition coefficient (Wildman–Crippen LogP) is -0.318. The van der Waals surface area contributed by atoms with Gasteiger partial charge in [-0.3, -0.25) is 19.1 Å². The summed E-state index contributed by atoms with van der Waals surface area (Å²) in [5.74, 6) is -3.98. The van der Waals surface area contributed by atoms with Crippen molar-refractivity contribution in [2.45, 2.75) is 18.9 Å². The second kappa shape index (κ2) is 7.37. The highest BCUT2D eigenvalue weighted by atomic mass is 16.5. The van der Waals surface area contributed by atoms with Crippen molar-refractivity contribution < 1.29 is 24.0 Å². The molecule has 1 atom stereocenters. The van der Waals surface area contributed by atoms with Gasteiger partial charge in [-0.15, -0.1) is 5.10 Å². The zero-order chi connectivity index (χ0) is 23.3. The molecule has 166 valence electrons. The number of carboxylic acids is 1. The summed E-state index contributed by atoms with van der Waals surface area (Å²) in [5, 5.41) is 19.7. The van der Waals surface area contributed by atoms with E-state index < -0.39 is 35.1 Å². The maximum absolute atomic E-state index is 12.9. The van der Waals surface area contributed by atoms with Crippen LogP contribution < -0.4 is 16.8 Å². The first-order valence-corrected chi connectivity index (χ1v) is 9.61. The van der Waals surface area contributed by atoms with Gasteiger partial charge in [-0.25, -0.2) is 14.6 Å². The number of benzene rings is 1. The lowest BCUT2D eigenvalue weighted by atomic mass is 10.0. The van der Waals surface area contributed by atoms with Crippen LogP contribution in [0.15, 0.2) is 33.6 Å². The highest BCUT2D eigenvalue weighted by molar-refractivity contribution is 5.96. The standard InChI is InChI=1S/C19H14N8O6/c20-13(28)15-23-18-22-11(6-12(17(30)31)27(18)25-15)16(29)21-10-4-2-7-5-8(1-3-9(7)10)14-24-19(32)33-26-14/h1,3,5-6,10H,2,4H2,(H2,20,28)(H,21,29)(H,30,31)(H,24,26,32)/t10-/m0/s1. The Morgan fingerprint density at radius 2 is 2.06 bits per heavy atom. The maximum atomic E-state index is 12.9. The number of nitrogens with two attached hydrogens (primary N) is 1. The summed E-state index contributed by atoms with van der Waals surface area (Å²) in [6.07, 6.45) is 1.26. The number of amides is 2. The van der Waals surface area contributed by atoms with Gasteiger partial charge in [-0.1, -0.05) is 17.3 Å². The van der Waals surface area contributed by atoms with Gasteiger partial charge in [0, 0.05) is 11.6 Å². The van der Waals surface area contributed by atoms with Crippen LogP contribution in [0.25, 0.3) is 17.2 Å². The molecular weight excluding hydrogens is 436 g/mol. The van der Waals surface area contributed by atoms with Crippen molar-refractivity contribution in [1.82, 2.24) is 35.0 Å². The third-order valence-electron chi connectivity index (χ3n) is 5.22. The minimum absolute atomic E-state index is 0.200. The third kappa shape index (κ3) is 3.48. The van der Waals surface area contributed by atoms with Gasteiger partial charge in [0.05, 0.1) is 6.04 Å². The fraction of sp³-hybridized carbons (Fsp3) is 0.158. The van der Waals surface area contributed by atoms with Crippen LogP contribution in [0.5, 0.6) is 0 Å². The molecule has 0 saturated carbocycles. The first-order valence-electron chi connectivity index (χ1n) is 9.61. The molecule has 0 spiro atoms. The molecule has 0 bridgehead atoms. The number of rotatable bonds is 5. The monoisotopic (exact) mass is 450 g/mol. The molecular formula is C19H14N8O6. The highest BCUT2D eigenvalue weighted by Gasteiger charge is 2.27. The molecule has 33 heavy (non-hydrogen) atoms. The number of nitrogens with one attached hydrogen (secondary N) is 2.